The molecule has 0 aliphatic heterocycles. The fourth-order valence-electron chi connectivity index (χ4n) is 1.73. The highest BCUT2D eigenvalue weighted by atomic mass is 16.4. The molecule has 1 aliphatic carbocycles. The number of hydrogen-bond donors (Lipinski definition) is 3. The second-order valence-corrected chi connectivity index (χ2v) is 4.64. The number of carbonyl (C=O) groups excluding carboxylic acids is 1. The number of likely N-dealkylation sites (N-methyl/N-ethyl adjacent to an activating group) is 1. The van der Waals surface area contributed by atoms with Gasteiger partial charge in [0.2, 0.25) is 5.91 Å². The molecule has 19 heavy (non-hydrogen) atoms. The van der Waals surface area contributed by atoms with Crippen LogP contribution in [0.2, 0.25) is 0 Å². The Balaban J connectivity index is 2.10. The van der Waals surface area contributed by atoms with Crippen molar-refractivity contribution in [2.75, 3.05) is 24.2 Å². The minimum absolute atomic E-state index is 0.0123. The largest absolute Gasteiger partial charge is 0.478 e. The Morgan fingerprint density at radius 1 is 1.58 bits per heavy atom. The number of nitrogens with two attached hydrogens (primary N) is 1. The Morgan fingerprint density at radius 2 is 2.26 bits per heavy atom. The van der Waals surface area contributed by atoms with E-state index in [1.807, 2.05) is 0 Å². The van der Waals surface area contributed by atoms with Crippen LogP contribution in [-0.2, 0) is 4.79 Å². The van der Waals surface area contributed by atoms with Gasteiger partial charge in [0.05, 0.1) is 18.4 Å². The topological polar surface area (TPSA) is 109 Å². The van der Waals surface area contributed by atoms with Crippen LogP contribution in [0.1, 0.15) is 23.2 Å². The molecule has 0 radical (unpaired) electrons. The summed E-state index contributed by atoms with van der Waals surface area (Å²) in [7, 11) is 1.62. The zero-order valence-corrected chi connectivity index (χ0v) is 10.6. The zero-order valence-electron chi connectivity index (χ0n) is 10.6. The monoisotopic (exact) mass is 264 g/mol. The number of nitrogen functional groups attached to an aromatic ring is 1. The quantitative estimate of drug-likeness (QED) is 0.694. The molecule has 7 nitrogen and oxygen atoms in total. The van der Waals surface area contributed by atoms with Gasteiger partial charge in [0.1, 0.15) is 11.4 Å². The molecule has 7 heteroatoms. The third kappa shape index (κ3) is 3.34. The van der Waals surface area contributed by atoms with Gasteiger partial charge >= 0.3 is 5.97 Å². The number of carboxylic acids is 1. The number of aromatic nitrogens is 1. The molecule has 0 spiro atoms. The third-order valence-electron chi connectivity index (χ3n) is 2.80. The second-order valence-electron chi connectivity index (χ2n) is 4.64. The van der Waals surface area contributed by atoms with Crippen LogP contribution < -0.4 is 16.0 Å². The lowest BCUT2D eigenvalue weighted by molar-refractivity contribution is -0.119. The number of hydrogen-bond acceptors (Lipinski definition) is 5. The Hall–Kier alpha value is -2.31. The van der Waals surface area contributed by atoms with Gasteiger partial charge in [-0.3, -0.25) is 4.79 Å². The van der Waals surface area contributed by atoms with E-state index in [1.165, 1.54) is 17.2 Å². The van der Waals surface area contributed by atoms with Gasteiger partial charge in [-0.05, 0) is 18.9 Å². The van der Waals surface area contributed by atoms with Gasteiger partial charge in [0.25, 0.3) is 0 Å². The van der Waals surface area contributed by atoms with Crippen molar-refractivity contribution in [3.05, 3.63) is 17.8 Å². The van der Waals surface area contributed by atoms with Crippen LogP contribution in [-0.4, -0.2) is 41.6 Å². The summed E-state index contributed by atoms with van der Waals surface area (Å²) in [5, 5.41) is 11.9. The van der Waals surface area contributed by atoms with Gasteiger partial charge in [-0.2, -0.15) is 0 Å². The lowest BCUT2D eigenvalue weighted by Crippen LogP contribution is -2.37. The molecule has 1 fully saturated rings. The van der Waals surface area contributed by atoms with Crippen LogP contribution in [0.15, 0.2) is 12.3 Å². The van der Waals surface area contributed by atoms with E-state index in [0.717, 1.165) is 12.8 Å². The fraction of sp³-hybridized carbons (Fsp3) is 0.417. The van der Waals surface area contributed by atoms with Crippen molar-refractivity contribution in [2.24, 2.45) is 0 Å². The number of nitrogens with one attached hydrogen (secondary N) is 1. The summed E-state index contributed by atoms with van der Waals surface area (Å²) in [6.45, 7) is 0.0632. The molecule has 1 amide bonds. The lowest BCUT2D eigenvalue weighted by Gasteiger charge is -2.19. The van der Waals surface area contributed by atoms with Crippen LogP contribution in [0, 0.1) is 0 Å². The SMILES string of the molecule is CN(CC(=O)NC1CC1)c1ncc(N)cc1C(=O)O. The molecule has 1 aromatic heterocycles. The summed E-state index contributed by atoms with van der Waals surface area (Å²) < 4.78 is 0. The number of rotatable bonds is 5. The van der Waals surface area contributed by atoms with Crippen LogP contribution >= 0.6 is 0 Å². The highest BCUT2D eigenvalue weighted by Crippen LogP contribution is 2.20. The van der Waals surface area contributed by atoms with Crippen molar-refractivity contribution in [2.45, 2.75) is 18.9 Å². The summed E-state index contributed by atoms with van der Waals surface area (Å²) in [5.74, 6) is -1.03. The Morgan fingerprint density at radius 3 is 2.84 bits per heavy atom. The van der Waals surface area contributed by atoms with Crippen LogP contribution in [0.3, 0.4) is 0 Å². The number of carboxylic acid groups (broad SMARTS) is 1. The summed E-state index contributed by atoms with van der Waals surface area (Å²) >= 11 is 0. The number of pyridine rings is 1. The maximum Gasteiger partial charge on any atom is 0.339 e. The van der Waals surface area contributed by atoms with Gasteiger partial charge < -0.3 is 21.1 Å². The molecule has 0 aromatic carbocycles. The molecular formula is C12H16N4O3. The number of carbonyl (C=O) groups is 2. The minimum Gasteiger partial charge on any atom is -0.478 e. The van der Waals surface area contributed by atoms with Gasteiger partial charge in [-0.1, -0.05) is 0 Å². The van der Waals surface area contributed by atoms with E-state index in [1.54, 1.807) is 7.05 Å². The van der Waals surface area contributed by atoms with Gasteiger partial charge in [-0.25, -0.2) is 9.78 Å². The molecule has 0 bridgehead atoms. The number of nitrogens with zero attached hydrogens (tertiary/aromatic N) is 2. The van der Waals surface area contributed by atoms with E-state index in [2.05, 4.69) is 10.3 Å². The Bertz CT molecular complexity index is 514. The Kier molecular flexibility index (Phi) is 3.55. The van der Waals surface area contributed by atoms with Crippen LogP contribution in [0.25, 0.3) is 0 Å². The average molecular weight is 264 g/mol. The predicted molar refractivity (Wildman–Crippen MR) is 70.0 cm³/mol. The molecule has 0 atom stereocenters. The number of anilines is 2. The second kappa shape index (κ2) is 5.13. The number of amides is 1. The molecule has 1 saturated carbocycles. The molecule has 1 aromatic rings. The maximum absolute atomic E-state index is 11.7. The van der Waals surface area contributed by atoms with E-state index in [0.29, 0.717) is 0 Å². The first-order valence-corrected chi connectivity index (χ1v) is 5.96. The molecular weight excluding hydrogens is 248 g/mol. The van der Waals surface area contributed by atoms with Crippen LogP contribution in [0.4, 0.5) is 11.5 Å². The van der Waals surface area contributed by atoms with Crippen molar-refractivity contribution < 1.29 is 14.7 Å². The van der Waals surface area contributed by atoms with Crippen molar-refractivity contribution in [3.8, 4) is 0 Å². The van der Waals surface area contributed by atoms with E-state index in [4.69, 9.17) is 10.8 Å². The normalized spacial score (nSPS) is 13.9. The highest BCUT2D eigenvalue weighted by molar-refractivity contribution is 5.95. The minimum atomic E-state index is -1.12. The molecule has 1 heterocycles. The predicted octanol–water partition coefficient (Wildman–Crippen LogP) is 0.0768. The number of aromatic carboxylic acids is 1. The third-order valence-corrected chi connectivity index (χ3v) is 2.80. The first-order valence-electron chi connectivity index (χ1n) is 5.96. The maximum atomic E-state index is 11.7. The van der Waals surface area contributed by atoms with Crippen molar-refractivity contribution in [1.82, 2.24) is 10.3 Å². The standard InChI is InChI=1S/C12H16N4O3/c1-16(6-10(17)15-8-2-3-8)11-9(12(18)19)4-7(13)5-14-11/h4-5,8H,2-3,6,13H2,1H3,(H,15,17)(H,18,19). The molecule has 1 aliphatic rings. The molecule has 0 saturated heterocycles. The van der Waals surface area contributed by atoms with E-state index in [-0.39, 0.29) is 35.6 Å². The van der Waals surface area contributed by atoms with Crippen molar-refractivity contribution in [3.63, 3.8) is 0 Å². The summed E-state index contributed by atoms with van der Waals surface area (Å²) in [4.78, 5) is 28.3. The van der Waals surface area contributed by atoms with Crippen LogP contribution in [0.5, 0.6) is 0 Å². The van der Waals surface area contributed by atoms with Crippen molar-refractivity contribution >= 4 is 23.4 Å². The summed E-state index contributed by atoms with van der Waals surface area (Å²) in [6, 6.07) is 1.61. The first kappa shape index (κ1) is 13.1. The molecule has 102 valence electrons. The molecule has 0 unspecified atom stereocenters. The Labute approximate surface area is 110 Å². The van der Waals surface area contributed by atoms with E-state index in [9.17, 15) is 9.59 Å². The van der Waals surface area contributed by atoms with Crippen molar-refractivity contribution in [1.29, 1.82) is 0 Å². The zero-order chi connectivity index (χ0) is 14.0. The van der Waals surface area contributed by atoms with E-state index < -0.39 is 5.97 Å². The summed E-state index contributed by atoms with van der Waals surface area (Å²) in [5.41, 5.74) is 5.78. The van der Waals surface area contributed by atoms with E-state index >= 15 is 0 Å². The van der Waals surface area contributed by atoms with Gasteiger partial charge in [0, 0.05) is 13.1 Å². The smallest absolute Gasteiger partial charge is 0.339 e. The highest BCUT2D eigenvalue weighted by Gasteiger charge is 2.24. The lowest BCUT2D eigenvalue weighted by atomic mass is 10.2. The summed E-state index contributed by atoms with van der Waals surface area (Å²) in [6.07, 6.45) is 3.39. The van der Waals surface area contributed by atoms with Gasteiger partial charge in [-0.15, -0.1) is 0 Å². The molecule has 2 rings (SSSR count). The fourth-order valence-corrected chi connectivity index (χ4v) is 1.73. The van der Waals surface area contributed by atoms with Gasteiger partial charge in [0.15, 0.2) is 0 Å². The average Bonchev–Trinajstić information content (AvgIpc) is 3.12. The molecule has 4 N–H and O–H groups in total. The first-order chi connectivity index (χ1) is 8.97.